The van der Waals surface area contributed by atoms with Crippen molar-refractivity contribution >= 4 is 24.4 Å². The van der Waals surface area contributed by atoms with Crippen LogP contribution < -0.4 is 10.2 Å². The molecule has 1 N–H and O–H groups in total. The summed E-state index contributed by atoms with van der Waals surface area (Å²) in [5.74, 6) is -0.464. The number of carbonyl (C=O) groups excluding carboxylic acids is 1. The summed E-state index contributed by atoms with van der Waals surface area (Å²) in [7, 11) is -0.453. The van der Waals surface area contributed by atoms with Gasteiger partial charge in [-0.2, -0.15) is 0 Å². The Hall–Kier alpha value is -2.35. The first-order valence-corrected chi connectivity index (χ1v) is 11.4. The zero-order chi connectivity index (χ0) is 22.8. The smallest absolute Gasteiger partial charge is 0.403 e. The minimum Gasteiger partial charge on any atom is -0.403 e. The van der Waals surface area contributed by atoms with Crippen molar-refractivity contribution in [1.29, 1.82) is 0 Å². The van der Waals surface area contributed by atoms with Crippen molar-refractivity contribution in [3.05, 3.63) is 60.2 Å². The number of anilines is 2. The largest absolute Gasteiger partial charge is 0.458 e. The molecule has 170 valence electrons. The molecule has 2 saturated heterocycles. The molecule has 2 aromatic carbocycles. The minimum absolute atomic E-state index is 0.0648. The number of carbonyl (C=O) groups is 1. The molecule has 0 saturated carbocycles. The lowest BCUT2D eigenvalue weighted by molar-refractivity contribution is -0.117. The van der Waals surface area contributed by atoms with Crippen molar-refractivity contribution in [2.24, 2.45) is 0 Å². The Morgan fingerprint density at radius 1 is 0.969 bits per heavy atom. The lowest BCUT2D eigenvalue weighted by Crippen LogP contribution is -2.41. The fourth-order valence-corrected chi connectivity index (χ4v) is 4.14. The maximum atomic E-state index is 13.4. The molecule has 7 heteroatoms. The number of ether oxygens (including phenoxy) is 1. The fourth-order valence-electron chi connectivity index (χ4n) is 4.14. The van der Waals surface area contributed by atoms with Gasteiger partial charge in [-0.1, -0.05) is 30.3 Å². The Labute approximate surface area is 191 Å². The fraction of sp³-hybridized carbons (Fsp3) is 0.480. The first kappa shape index (κ1) is 22.8. The summed E-state index contributed by atoms with van der Waals surface area (Å²) in [5.41, 5.74) is 2.01. The molecule has 6 nitrogen and oxygen atoms in total. The molecule has 2 aliphatic rings. The highest BCUT2D eigenvalue weighted by Crippen LogP contribution is 2.40. The second-order valence-electron chi connectivity index (χ2n) is 9.52. The van der Waals surface area contributed by atoms with Gasteiger partial charge in [0.2, 0.25) is 5.91 Å². The highest BCUT2D eigenvalue weighted by Gasteiger charge is 2.51. The van der Waals surface area contributed by atoms with E-state index < -0.39 is 24.2 Å². The van der Waals surface area contributed by atoms with Gasteiger partial charge in [0.05, 0.1) is 30.3 Å². The van der Waals surface area contributed by atoms with Gasteiger partial charge >= 0.3 is 7.12 Å². The number of rotatable bonds is 6. The summed E-state index contributed by atoms with van der Waals surface area (Å²) in [6, 6.07) is 17.8. The minimum atomic E-state index is -0.453. The number of morpholine rings is 1. The molecule has 2 aliphatic heterocycles. The Bertz CT molecular complexity index is 895. The average molecular weight is 436 g/mol. The molecule has 2 aromatic rings. The van der Waals surface area contributed by atoms with E-state index in [0.717, 1.165) is 43.2 Å². The van der Waals surface area contributed by atoms with Gasteiger partial charge in [-0.15, -0.1) is 0 Å². The molecule has 32 heavy (non-hydrogen) atoms. The summed E-state index contributed by atoms with van der Waals surface area (Å²) in [4.78, 5) is 15.7. The van der Waals surface area contributed by atoms with E-state index in [2.05, 4.69) is 22.3 Å². The quantitative estimate of drug-likeness (QED) is 0.683. The number of amides is 1. The average Bonchev–Trinajstić information content (AvgIpc) is 2.99. The van der Waals surface area contributed by atoms with E-state index in [4.69, 9.17) is 14.0 Å². The number of nitrogens with one attached hydrogen (secondary N) is 1. The molecular formula is C25H33BN2O4. The van der Waals surface area contributed by atoms with E-state index in [1.54, 1.807) is 0 Å². The topological polar surface area (TPSA) is 60.0 Å². The van der Waals surface area contributed by atoms with E-state index in [9.17, 15) is 4.79 Å². The molecule has 0 aliphatic carbocycles. The first-order valence-electron chi connectivity index (χ1n) is 11.4. The van der Waals surface area contributed by atoms with Crippen LogP contribution in [0.25, 0.3) is 0 Å². The van der Waals surface area contributed by atoms with E-state index in [1.807, 2.05) is 70.2 Å². The summed E-state index contributed by atoms with van der Waals surface area (Å²) in [5, 5.41) is 3.06. The molecule has 1 atom stereocenters. The van der Waals surface area contributed by atoms with Gasteiger partial charge in [-0.05, 0) is 63.8 Å². The Kier molecular flexibility index (Phi) is 6.61. The van der Waals surface area contributed by atoms with Crippen LogP contribution >= 0.6 is 0 Å². The van der Waals surface area contributed by atoms with Crippen molar-refractivity contribution in [3.63, 3.8) is 0 Å². The van der Waals surface area contributed by atoms with E-state index in [1.165, 1.54) is 0 Å². The van der Waals surface area contributed by atoms with Crippen molar-refractivity contribution < 1.29 is 18.8 Å². The van der Waals surface area contributed by atoms with Crippen LogP contribution in [-0.2, 0) is 18.8 Å². The Morgan fingerprint density at radius 2 is 1.56 bits per heavy atom. The number of nitrogens with zero attached hydrogens (tertiary/aromatic N) is 1. The molecule has 2 fully saturated rings. The predicted octanol–water partition coefficient (Wildman–Crippen LogP) is 4.34. The molecular weight excluding hydrogens is 403 g/mol. The highest BCUT2D eigenvalue weighted by atomic mass is 16.7. The second-order valence-corrected chi connectivity index (χ2v) is 9.52. The summed E-state index contributed by atoms with van der Waals surface area (Å²) < 4.78 is 17.9. The molecule has 2 heterocycles. The SMILES string of the molecule is CC1(C)OB(C[C@@H](C(=O)Nc2ccccc2)c2ccc(N3CCOCC3)cc2)OC1(C)C. The van der Waals surface area contributed by atoms with Crippen LogP contribution in [-0.4, -0.2) is 50.5 Å². The number of hydrogen-bond donors (Lipinski definition) is 1. The highest BCUT2D eigenvalue weighted by molar-refractivity contribution is 6.46. The third-order valence-electron chi connectivity index (χ3n) is 6.76. The van der Waals surface area contributed by atoms with Crippen LogP contribution in [0.5, 0.6) is 0 Å². The van der Waals surface area contributed by atoms with Gasteiger partial charge in [-0.3, -0.25) is 4.79 Å². The normalized spacial score (nSPS) is 20.8. The molecule has 0 bridgehead atoms. The molecule has 1 amide bonds. The lowest BCUT2D eigenvalue weighted by Gasteiger charge is -2.32. The summed E-state index contributed by atoms with van der Waals surface area (Å²) in [6.07, 6.45) is 0.447. The molecule has 4 rings (SSSR count). The molecule has 0 spiro atoms. The molecule has 0 radical (unpaired) electrons. The number of hydrogen-bond acceptors (Lipinski definition) is 5. The number of para-hydroxylation sites is 1. The van der Waals surface area contributed by atoms with Gasteiger partial charge in [0, 0.05) is 24.5 Å². The van der Waals surface area contributed by atoms with Crippen LogP contribution in [0.15, 0.2) is 54.6 Å². The van der Waals surface area contributed by atoms with E-state index >= 15 is 0 Å². The maximum Gasteiger partial charge on any atom is 0.458 e. The van der Waals surface area contributed by atoms with Crippen LogP contribution in [0.2, 0.25) is 6.32 Å². The Balaban J connectivity index is 1.55. The molecule has 0 aromatic heterocycles. The van der Waals surface area contributed by atoms with Crippen LogP contribution in [0.3, 0.4) is 0 Å². The van der Waals surface area contributed by atoms with Crippen molar-refractivity contribution in [2.75, 3.05) is 36.5 Å². The van der Waals surface area contributed by atoms with Crippen molar-refractivity contribution in [2.45, 2.75) is 51.1 Å². The van der Waals surface area contributed by atoms with Crippen LogP contribution in [0.4, 0.5) is 11.4 Å². The Morgan fingerprint density at radius 3 is 2.16 bits per heavy atom. The summed E-state index contributed by atoms with van der Waals surface area (Å²) >= 11 is 0. The lowest BCUT2D eigenvalue weighted by atomic mass is 9.74. The predicted molar refractivity (Wildman–Crippen MR) is 128 cm³/mol. The zero-order valence-corrected chi connectivity index (χ0v) is 19.5. The van der Waals surface area contributed by atoms with E-state index in [0.29, 0.717) is 6.32 Å². The van der Waals surface area contributed by atoms with Crippen molar-refractivity contribution in [3.8, 4) is 0 Å². The van der Waals surface area contributed by atoms with Crippen molar-refractivity contribution in [1.82, 2.24) is 0 Å². The van der Waals surface area contributed by atoms with Gasteiger partial charge < -0.3 is 24.3 Å². The van der Waals surface area contributed by atoms with Gasteiger partial charge in [0.15, 0.2) is 0 Å². The third-order valence-corrected chi connectivity index (χ3v) is 6.76. The third kappa shape index (κ3) is 5.01. The second kappa shape index (κ2) is 9.26. The van der Waals surface area contributed by atoms with Gasteiger partial charge in [-0.25, -0.2) is 0 Å². The van der Waals surface area contributed by atoms with Gasteiger partial charge in [0.25, 0.3) is 0 Å². The zero-order valence-electron chi connectivity index (χ0n) is 19.5. The van der Waals surface area contributed by atoms with E-state index in [-0.39, 0.29) is 5.91 Å². The monoisotopic (exact) mass is 436 g/mol. The number of benzene rings is 2. The van der Waals surface area contributed by atoms with Gasteiger partial charge in [0.1, 0.15) is 0 Å². The maximum absolute atomic E-state index is 13.4. The molecule has 0 unspecified atom stereocenters. The summed E-state index contributed by atoms with van der Waals surface area (Å²) in [6.45, 7) is 11.4. The standard InChI is InChI=1S/C25H33BN2O4/c1-24(2)25(3,4)32-26(31-24)18-22(23(29)27-20-8-6-5-7-9-20)19-10-12-21(13-11-19)28-14-16-30-17-15-28/h5-13,22H,14-18H2,1-4H3,(H,27,29)/t22-/m1/s1. The van der Waals surface area contributed by atoms with Crippen LogP contribution in [0, 0.1) is 0 Å². The van der Waals surface area contributed by atoms with Crippen LogP contribution in [0.1, 0.15) is 39.2 Å². The first-order chi connectivity index (χ1) is 15.2.